The molecule has 3 amide bonds. The van der Waals surface area contributed by atoms with E-state index in [4.69, 9.17) is 42.7 Å². The Balaban J connectivity index is 1.68. The average Bonchev–Trinajstić information content (AvgIpc) is 3.24. The highest BCUT2D eigenvalue weighted by Gasteiger charge is 2.32. The quantitative estimate of drug-likeness (QED) is 0.0908. The lowest BCUT2D eigenvalue weighted by Crippen LogP contribution is -2.32. The standard InChI is InChI=1S/C25H44N2O13/c1-22(28)26-5-7-33-9-11-35-13-15-37-17-19-39-21-20-38-18-16-36-14-12-34-10-8-32-6-4-25(31)40-27-23(29)2-3-24(27)30/h2-21H2,1H3,(H,26,28). The Morgan fingerprint density at radius 3 is 1.25 bits per heavy atom. The van der Waals surface area contributed by atoms with Gasteiger partial charge in [0.15, 0.2) is 0 Å². The Labute approximate surface area is 234 Å². The zero-order valence-electron chi connectivity index (χ0n) is 23.4. The van der Waals surface area contributed by atoms with Gasteiger partial charge in [0.1, 0.15) is 0 Å². The highest BCUT2D eigenvalue weighted by atomic mass is 16.7. The molecule has 1 fully saturated rings. The van der Waals surface area contributed by atoms with E-state index in [9.17, 15) is 19.2 Å². The van der Waals surface area contributed by atoms with Crippen molar-refractivity contribution >= 4 is 23.7 Å². The number of rotatable bonds is 28. The minimum atomic E-state index is -0.700. The Morgan fingerprint density at radius 2 is 0.900 bits per heavy atom. The van der Waals surface area contributed by atoms with Crippen LogP contribution in [0.5, 0.6) is 0 Å². The second-order valence-electron chi connectivity index (χ2n) is 8.18. The third-order valence-electron chi connectivity index (χ3n) is 4.87. The molecule has 1 aliphatic heterocycles. The van der Waals surface area contributed by atoms with E-state index < -0.39 is 17.8 Å². The molecule has 1 saturated heterocycles. The Hall–Kier alpha value is -2.24. The van der Waals surface area contributed by atoms with Crippen molar-refractivity contribution in [3.8, 4) is 0 Å². The third kappa shape index (κ3) is 21.6. The van der Waals surface area contributed by atoms with Gasteiger partial charge in [0.25, 0.3) is 11.8 Å². The lowest BCUT2D eigenvalue weighted by Gasteiger charge is -2.12. The van der Waals surface area contributed by atoms with Gasteiger partial charge in [-0.05, 0) is 0 Å². The molecule has 15 nitrogen and oxygen atoms in total. The average molecular weight is 581 g/mol. The monoisotopic (exact) mass is 580 g/mol. The van der Waals surface area contributed by atoms with Gasteiger partial charge >= 0.3 is 5.97 Å². The number of carbonyl (C=O) groups is 4. The van der Waals surface area contributed by atoms with Crippen molar-refractivity contribution in [2.75, 3.05) is 112 Å². The molecule has 0 aromatic heterocycles. The normalized spacial score (nSPS) is 13.3. The molecular formula is C25H44N2O13. The molecule has 0 atom stereocenters. The molecule has 232 valence electrons. The maximum atomic E-state index is 11.6. The first kappa shape index (κ1) is 35.8. The first-order valence-electron chi connectivity index (χ1n) is 13.4. The summed E-state index contributed by atoms with van der Waals surface area (Å²) >= 11 is 0. The van der Waals surface area contributed by atoms with Gasteiger partial charge in [-0.25, -0.2) is 4.79 Å². The molecule has 0 aliphatic carbocycles. The lowest BCUT2D eigenvalue weighted by molar-refractivity contribution is -0.198. The van der Waals surface area contributed by atoms with E-state index in [-0.39, 0.29) is 38.4 Å². The van der Waals surface area contributed by atoms with Crippen LogP contribution in [0.4, 0.5) is 0 Å². The first-order valence-corrected chi connectivity index (χ1v) is 13.4. The lowest BCUT2D eigenvalue weighted by atomic mass is 10.4. The SMILES string of the molecule is CC(=O)NCCOCCOCCOCCOCCOCCOCCOCCOCCC(=O)ON1C(=O)CCC1=O. The molecule has 15 heteroatoms. The minimum absolute atomic E-state index is 0.0596. The molecule has 0 spiro atoms. The van der Waals surface area contributed by atoms with Gasteiger partial charge in [-0.2, -0.15) is 0 Å². The molecule has 0 unspecified atom stereocenters. The van der Waals surface area contributed by atoms with E-state index in [1.165, 1.54) is 6.92 Å². The van der Waals surface area contributed by atoms with Crippen LogP contribution >= 0.6 is 0 Å². The fourth-order valence-corrected chi connectivity index (χ4v) is 2.90. The highest BCUT2D eigenvalue weighted by molar-refractivity contribution is 6.01. The maximum absolute atomic E-state index is 11.6. The van der Waals surface area contributed by atoms with Crippen LogP contribution in [0.15, 0.2) is 0 Å². The summed E-state index contributed by atoms with van der Waals surface area (Å²) in [6, 6.07) is 0. The number of nitrogens with one attached hydrogen (secondary N) is 1. The number of hydrogen-bond donors (Lipinski definition) is 1. The summed E-state index contributed by atoms with van der Waals surface area (Å²) in [5.41, 5.74) is 0. The fraction of sp³-hybridized carbons (Fsp3) is 0.840. The summed E-state index contributed by atoms with van der Waals surface area (Å²) in [4.78, 5) is 49.7. The number of amides is 3. The van der Waals surface area contributed by atoms with Gasteiger partial charge in [0, 0.05) is 26.3 Å². The Kier molecular flexibility index (Phi) is 23.0. The molecule has 0 aromatic rings. The fourth-order valence-electron chi connectivity index (χ4n) is 2.90. The third-order valence-corrected chi connectivity index (χ3v) is 4.87. The van der Waals surface area contributed by atoms with Crippen LogP contribution in [0.3, 0.4) is 0 Å². The predicted molar refractivity (Wildman–Crippen MR) is 137 cm³/mol. The smallest absolute Gasteiger partial charge is 0.335 e. The molecule has 0 bridgehead atoms. The van der Waals surface area contributed by atoms with Crippen LogP contribution in [-0.2, 0) is 61.9 Å². The summed E-state index contributed by atoms with van der Waals surface area (Å²) in [6.07, 6.45) is 0.0459. The number of hydroxylamine groups is 2. The summed E-state index contributed by atoms with van der Waals surface area (Å²) < 4.78 is 42.9. The van der Waals surface area contributed by atoms with Crippen molar-refractivity contribution in [2.24, 2.45) is 0 Å². The van der Waals surface area contributed by atoms with E-state index in [1.807, 2.05) is 0 Å². The number of imide groups is 1. The molecule has 0 saturated carbocycles. The molecule has 1 rings (SSSR count). The van der Waals surface area contributed by atoms with Crippen molar-refractivity contribution in [1.29, 1.82) is 0 Å². The van der Waals surface area contributed by atoms with E-state index in [0.29, 0.717) is 104 Å². The minimum Gasteiger partial charge on any atom is -0.378 e. The molecular weight excluding hydrogens is 536 g/mol. The number of carbonyl (C=O) groups excluding carboxylic acids is 4. The maximum Gasteiger partial charge on any atom is 0.335 e. The van der Waals surface area contributed by atoms with Gasteiger partial charge in [-0.1, -0.05) is 0 Å². The van der Waals surface area contributed by atoms with Gasteiger partial charge in [-0.15, -0.1) is 5.06 Å². The van der Waals surface area contributed by atoms with Gasteiger partial charge in [0.05, 0.1) is 112 Å². The predicted octanol–water partition coefficient (Wildman–Crippen LogP) is -0.747. The second kappa shape index (κ2) is 25.7. The van der Waals surface area contributed by atoms with Crippen LogP contribution in [0.25, 0.3) is 0 Å². The number of hydrogen-bond acceptors (Lipinski definition) is 13. The van der Waals surface area contributed by atoms with Crippen molar-refractivity contribution in [3.05, 3.63) is 0 Å². The highest BCUT2D eigenvalue weighted by Crippen LogP contribution is 2.12. The van der Waals surface area contributed by atoms with Crippen LogP contribution in [-0.4, -0.2) is 141 Å². The van der Waals surface area contributed by atoms with Crippen molar-refractivity contribution < 1.29 is 61.9 Å². The zero-order valence-corrected chi connectivity index (χ0v) is 23.4. The van der Waals surface area contributed by atoms with Crippen molar-refractivity contribution in [3.63, 3.8) is 0 Å². The molecule has 40 heavy (non-hydrogen) atoms. The first-order chi connectivity index (χ1) is 19.5. The number of nitrogens with zero attached hydrogens (tertiary/aromatic N) is 1. The van der Waals surface area contributed by atoms with Crippen LogP contribution in [0.1, 0.15) is 26.2 Å². The van der Waals surface area contributed by atoms with Gasteiger partial charge in [-0.3, -0.25) is 14.4 Å². The van der Waals surface area contributed by atoms with Crippen molar-refractivity contribution in [1.82, 2.24) is 10.4 Å². The summed E-state index contributed by atoms with van der Waals surface area (Å²) in [7, 11) is 0. The molecule has 0 radical (unpaired) electrons. The van der Waals surface area contributed by atoms with Crippen LogP contribution in [0, 0.1) is 0 Å². The molecule has 1 N–H and O–H groups in total. The van der Waals surface area contributed by atoms with Crippen LogP contribution < -0.4 is 5.32 Å². The van der Waals surface area contributed by atoms with Crippen LogP contribution in [0.2, 0.25) is 0 Å². The van der Waals surface area contributed by atoms with E-state index >= 15 is 0 Å². The van der Waals surface area contributed by atoms with E-state index in [0.717, 1.165) is 0 Å². The summed E-state index contributed by atoms with van der Waals surface area (Å²) in [6.45, 7) is 8.59. The van der Waals surface area contributed by atoms with Crippen molar-refractivity contribution in [2.45, 2.75) is 26.2 Å². The number of ether oxygens (including phenoxy) is 8. The van der Waals surface area contributed by atoms with Gasteiger partial charge < -0.3 is 48.0 Å². The second-order valence-corrected chi connectivity index (χ2v) is 8.18. The zero-order chi connectivity index (χ0) is 29.1. The Bertz CT molecular complexity index is 680. The topological polar surface area (TPSA) is 167 Å². The summed E-state index contributed by atoms with van der Waals surface area (Å²) in [5.74, 6) is -1.79. The largest absolute Gasteiger partial charge is 0.378 e. The molecule has 1 heterocycles. The summed E-state index contributed by atoms with van der Waals surface area (Å²) in [5, 5.41) is 3.16. The van der Waals surface area contributed by atoms with E-state index in [2.05, 4.69) is 5.32 Å². The van der Waals surface area contributed by atoms with Gasteiger partial charge in [0.2, 0.25) is 5.91 Å². The Morgan fingerprint density at radius 1 is 0.575 bits per heavy atom. The molecule has 1 aliphatic rings. The van der Waals surface area contributed by atoms with E-state index in [1.54, 1.807) is 0 Å². The molecule has 0 aromatic carbocycles.